The van der Waals surface area contributed by atoms with Crippen LogP contribution in [0.25, 0.3) is 0 Å². The summed E-state index contributed by atoms with van der Waals surface area (Å²) in [6, 6.07) is 0. The van der Waals surface area contributed by atoms with Gasteiger partial charge in [0.25, 0.3) is 5.91 Å². The van der Waals surface area contributed by atoms with E-state index >= 15 is 0 Å². The molecule has 3 rings (SSSR count). The van der Waals surface area contributed by atoms with Crippen LogP contribution in [-0.4, -0.2) is 42.2 Å². The van der Waals surface area contributed by atoms with Crippen LogP contribution in [0.15, 0.2) is 18.7 Å². The summed E-state index contributed by atoms with van der Waals surface area (Å²) < 4.78 is 10.3. The number of likely N-dealkylation sites (tertiary alicyclic amines) is 1. The second-order valence-electron chi connectivity index (χ2n) is 5.19. The summed E-state index contributed by atoms with van der Waals surface area (Å²) in [5.74, 6) is 0.639. The summed E-state index contributed by atoms with van der Waals surface area (Å²) in [5, 5.41) is 0. The number of rotatable bonds is 3. The standard InChI is InChI=1S/C13H17N5OS/c1-10-12(16-20-15-10)13(19)18-5-2-11(3-6-18)8-17-7-4-14-9-17/h4,7,9,11H,2-3,5-6,8H2,1H3. The Labute approximate surface area is 121 Å². The molecule has 0 bridgehead atoms. The topological polar surface area (TPSA) is 63.9 Å². The molecule has 0 aliphatic carbocycles. The van der Waals surface area contributed by atoms with Crippen molar-refractivity contribution in [2.24, 2.45) is 5.92 Å². The van der Waals surface area contributed by atoms with Crippen LogP contribution in [0.1, 0.15) is 29.0 Å². The molecule has 1 saturated heterocycles. The summed E-state index contributed by atoms with van der Waals surface area (Å²) >= 11 is 1.10. The van der Waals surface area contributed by atoms with Crippen molar-refractivity contribution in [3.05, 3.63) is 30.1 Å². The Morgan fingerprint density at radius 2 is 2.20 bits per heavy atom. The Balaban J connectivity index is 1.56. The predicted molar refractivity (Wildman–Crippen MR) is 75.5 cm³/mol. The van der Waals surface area contributed by atoms with Gasteiger partial charge in [0.1, 0.15) is 0 Å². The highest BCUT2D eigenvalue weighted by Gasteiger charge is 2.26. The maximum absolute atomic E-state index is 12.3. The third-order valence-corrected chi connectivity index (χ3v) is 4.40. The zero-order valence-corrected chi connectivity index (χ0v) is 12.2. The summed E-state index contributed by atoms with van der Waals surface area (Å²) in [5.41, 5.74) is 1.25. The van der Waals surface area contributed by atoms with Crippen molar-refractivity contribution in [2.45, 2.75) is 26.3 Å². The van der Waals surface area contributed by atoms with Gasteiger partial charge in [-0.1, -0.05) is 0 Å². The smallest absolute Gasteiger partial charge is 0.275 e. The zero-order chi connectivity index (χ0) is 13.9. The fourth-order valence-electron chi connectivity index (χ4n) is 2.59. The van der Waals surface area contributed by atoms with E-state index in [0.717, 1.165) is 49.9 Å². The van der Waals surface area contributed by atoms with Gasteiger partial charge in [-0.25, -0.2) is 4.98 Å². The van der Waals surface area contributed by atoms with Crippen LogP contribution in [0.5, 0.6) is 0 Å². The van der Waals surface area contributed by atoms with Gasteiger partial charge < -0.3 is 9.47 Å². The molecule has 20 heavy (non-hydrogen) atoms. The van der Waals surface area contributed by atoms with E-state index in [1.165, 1.54) is 0 Å². The average Bonchev–Trinajstić information content (AvgIpc) is 3.10. The largest absolute Gasteiger partial charge is 0.337 e. The number of carbonyl (C=O) groups is 1. The highest BCUT2D eigenvalue weighted by molar-refractivity contribution is 6.99. The lowest BCUT2D eigenvalue weighted by Gasteiger charge is -2.31. The monoisotopic (exact) mass is 291 g/mol. The molecule has 0 N–H and O–H groups in total. The first-order valence-corrected chi connectivity index (χ1v) is 7.51. The maximum atomic E-state index is 12.3. The molecule has 0 radical (unpaired) electrons. The normalized spacial score (nSPS) is 16.6. The molecule has 6 nitrogen and oxygen atoms in total. The molecular weight excluding hydrogens is 274 g/mol. The van der Waals surface area contributed by atoms with Crippen LogP contribution in [0.2, 0.25) is 0 Å². The van der Waals surface area contributed by atoms with Crippen LogP contribution in [0, 0.1) is 12.8 Å². The van der Waals surface area contributed by atoms with E-state index in [2.05, 4.69) is 18.3 Å². The van der Waals surface area contributed by atoms with Crippen molar-refractivity contribution >= 4 is 17.6 Å². The highest BCUT2D eigenvalue weighted by Crippen LogP contribution is 2.21. The molecule has 1 aliphatic rings. The molecule has 0 aromatic carbocycles. The van der Waals surface area contributed by atoms with E-state index in [0.29, 0.717) is 11.6 Å². The van der Waals surface area contributed by atoms with Crippen molar-refractivity contribution in [3.63, 3.8) is 0 Å². The Bertz CT molecular complexity index is 571. The number of aryl methyl sites for hydroxylation is 1. The molecule has 0 saturated carbocycles. The number of aromatic nitrogens is 4. The fraction of sp³-hybridized carbons (Fsp3) is 0.538. The molecule has 2 aromatic rings. The molecule has 106 valence electrons. The predicted octanol–water partition coefficient (Wildman–Crippen LogP) is 1.60. The quantitative estimate of drug-likeness (QED) is 0.861. The Morgan fingerprint density at radius 3 is 2.80 bits per heavy atom. The zero-order valence-electron chi connectivity index (χ0n) is 11.4. The first-order valence-electron chi connectivity index (χ1n) is 6.78. The number of hydrogen-bond acceptors (Lipinski definition) is 5. The first-order chi connectivity index (χ1) is 9.74. The minimum atomic E-state index is 0.0253. The van der Waals surface area contributed by atoms with Gasteiger partial charge in [-0.05, 0) is 25.7 Å². The molecule has 0 atom stereocenters. The van der Waals surface area contributed by atoms with Gasteiger partial charge in [-0.15, -0.1) is 0 Å². The Kier molecular flexibility index (Phi) is 3.77. The fourth-order valence-corrected chi connectivity index (χ4v) is 3.13. The minimum absolute atomic E-state index is 0.0253. The summed E-state index contributed by atoms with van der Waals surface area (Å²) in [7, 11) is 0. The Hall–Kier alpha value is -1.76. The highest BCUT2D eigenvalue weighted by atomic mass is 32.1. The average molecular weight is 291 g/mol. The molecule has 3 heterocycles. The van der Waals surface area contributed by atoms with Gasteiger partial charge in [0.2, 0.25) is 0 Å². The first kappa shape index (κ1) is 13.2. The SMILES string of the molecule is Cc1nsnc1C(=O)N1CCC(Cn2ccnc2)CC1. The summed E-state index contributed by atoms with van der Waals surface area (Å²) in [6.45, 7) is 4.42. The van der Waals surface area contributed by atoms with Gasteiger partial charge in [0, 0.05) is 32.0 Å². The molecule has 7 heteroatoms. The number of piperidine rings is 1. The van der Waals surface area contributed by atoms with Gasteiger partial charge in [0.05, 0.1) is 23.7 Å². The van der Waals surface area contributed by atoms with Gasteiger partial charge in [0.15, 0.2) is 5.69 Å². The summed E-state index contributed by atoms with van der Waals surface area (Å²) in [6.07, 6.45) is 7.70. The lowest BCUT2D eigenvalue weighted by molar-refractivity contribution is 0.0677. The van der Waals surface area contributed by atoms with Crippen molar-refractivity contribution < 1.29 is 4.79 Å². The summed E-state index contributed by atoms with van der Waals surface area (Å²) in [4.78, 5) is 18.3. The number of carbonyl (C=O) groups excluding carboxylic acids is 1. The van der Waals surface area contributed by atoms with Crippen LogP contribution in [0.3, 0.4) is 0 Å². The third kappa shape index (κ3) is 2.72. The van der Waals surface area contributed by atoms with Crippen molar-refractivity contribution in [3.8, 4) is 0 Å². The maximum Gasteiger partial charge on any atom is 0.275 e. The lowest BCUT2D eigenvalue weighted by Crippen LogP contribution is -2.39. The number of nitrogens with zero attached hydrogens (tertiary/aromatic N) is 5. The molecule has 1 aliphatic heterocycles. The number of amides is 1. The van der Waals surface area contributed by atoms with E-state index in [1.807, 2.05) is 24.3 Å². The Morgan fingerprint density at radius 1 is 1.40 bits per heavy atom. The molecular formula is C13H17N5OS. The second kappa shape index (κ2) is 5.70. The van der Waals surface area contributed by atoms with Crippen LogP contribution < -0.4 is 0 Å². The van der Waals surface area contributed by atoms with Crippen LogP contribution in [0.4, 0.5) is 0 Å². The number of hydrogen-bond donors (Lipinski definition) is 0. The van der Waals surface area contributed by atoms with Gasteiger partial charge in [-0.2, -0.15) is 8.75 Å². The third-order valence-electron chi connectivity index (χ3n) is 3.79. The van der Waals surface area contributed by atoms with E-state index in [9.17, 15) is 4.79 Å². The van der Waals surface area contributed by atoms with E-state index in [4.69, 9.17) is 0 Å². The van der Waals surface area contributed by atoms with Crippen molar-refractivity contribution in [1.29, 1.82) is 0 Å². The molecule has 1 fully saturated rings. The molecule has 2 aromatic heterocycles. The lowest BCUT2D eigenvalue weighted by atomic mass is 9.96. The van der Waals surface area contributed by atoms with E-state index in [1.54, 1.807) is 6.20 Å². The molecule has 0 spiro atoms. The minimum Gasteiger partial charge on any atom is -0.337 e. The number of imidazole rings is 1. The van der Waals surface area contributed by atoms with E-state index < -0.39 is 0 Å². The van der Waals surface area contributed by atoms with Gasteiger partial charge >= 0.3 is 0 Å². The van der Waals surface area contributed by atoms with Crippen LogP contribution >= 0.6 is 11.7 Å². The second-order valence-corrected chi connectivity index (χ2v) is 5.72. The van der Waals surface area contributed by atoms with Crippen molar-refractivity contribution in [1.82, 2.24) is 23.2 Å². The van der Waals surface area contributed by atoms with Gasteiger partial charge in [-0.3, -0.25) is 4.79 Å². The molecule has 1 amide bonds. The molecule has 0 unspecified atom stereocenters. The van der Waals surface area contributed by atoms with Crippen molar-refractivity contribution in [2.75, 3.05) is 13.1 Å². The van der Waals surface area contributed by atoms with E-state index in [-0.39, 0.29) is 5.91 Å². The van der Waals surface area contributed by atoms with Crippen LogP contribution in [-0.2, 0) is 6.54 Å².